The monoisotopic (exact) mass is 280 g/mol. The van der Waals surface area contributed by atoms with Crippen LogP contribution in [0.3, 0.4) is 0 Å². The molecule has 0 saturated heterocycles. The zero-order valence-electron chi connectivity index (χ0n) is 12.1. The van der Waals surface area contributed by atoms with Crippen LogP contribution >= 0.6 is 0 Å². The van der Waals surface area contributed by atoms with Gasteiger partial charge in [-0.3, -0.25) is 4.79 Å². The van der Waals surface area contributed by atoms with Gasteiger partial charge in [-0.15, -0.1) is 0 Å². The van der Waals surface area contributed by atoms with E-state index in [-0.39, 0.29) is 5.91 Å². The number of nitrogens with zero attached hydrogens (tertiary/aromatic N) is 1. The molecule has 0 spiro atoms. The molecule has 0 aliphatic carbocycles. The highest BCUT2D eigenvalue weighted by Crippen LogP contribution is 2.19. The standard InChI is InChI=1S/C18H20N2O/c19-17-7-3-4-14(12-17)8-9-18(21)20-11-10-15-5-1-2-6-16(15)13-20/h1-7,12H,8-11,13,19H2. The van der Waals surface area contributed by atoms with E-state index in [1.165, 1.54) is 11.1 Å². The normalized spacial score (nSPS) is 13.8. The molecule has 3 heteroatoms. The third kappa shape index (κ3) is 3.24. The fraction of sp³-hybridized carbons (Fsp3) is 0.278. The van der Waals surface area contributed by atoms with Crippen LogP contribution in [0.2, 0.25) is 0 Å². The summed E-state index contributed by atoms with van der Waals surface area (Å²) in [6.45, 7) is 1.57. The van der Waals surface area contributed by atoms with Crippen molar-refractivity contribution in [1.82, 2.24) is 4.90 Å². The molecule has 3 nitrogen and oxygen atoms in total. The number of fused-ring (bicyclic) bond motifs is 1. The summed E-state index contributed by atoms with van der Waals surface area (Å²) in [6, 6.07) is 16.2. The molecular weight excluding hydrogens is 260 g/mol. The Hall–Kier alpha value is -2.29. The maximum Gasteiger partial charge on any atom is 0.223 e. The van der Waals surface area contributed by atoms with Crippen LogP contribution in [0.1, 0.15) is 23.1 Å². The fourth-order valence-corrected chi connectivity index (χ4v) is 2.87. The van der Waals surface area contributed by atoms with Crippen LogP contribution in [0.4, 0.5) is 5.69 Å². The van der Waals surface area contributed by atoms with E-state index in [1.807, 2.05) is 35.2 Å². The average molecular weight is 280 g/mol. The van der Waals surface area contributed by atoms with E-state index in [2.05, 4.69) is 18.2 Å². The first-order valence-corrected chi connectivity index (χ1v) is 7.41. The molecule has 2 aromatic carbocycles. The number of rotatable bonds is 3. The first-order chi connectivity index (χ1) is 10.2. The van der Waals surface area contributed by atoms with Gasteiger partial charge < -0.3 is 10.6 Å². The molecule has 0 unspecified atom stereocenters. The number of hydrogen-bond acceptors (Lipinski definition) is 2. The molecule has 3 rings (SSSR count). The number of nitrogens with two attached hydrogens (primary N) is 1. The van der Waals surface area contributed by atoms with Gasteiger partial charge in [0.1, 0.15) is 0 Å². The number of carbonyl (C=O) groups is 1. The van der Waals surface area contributed by atoms with Crippen molar-refractivity contribution < 1.29 is 4.79 Å². The third-order valence-electron chi connectivity index (χ3n) is 4.06. The lowest BCUT2D eigenvalue weighted by atomic mass is 9.99. The highest BCUT2D eigenvalue weighted by molar-refractivity contribution is 5.76. The van der Waals surface area contributed by atoms with Crippen LogP contribution in [0.15, 0.2) is 48.5 Å². The number of hydrogen-bond donors (Lipinski definition) is 1. The Morgan fingerprint density at radius 1 is 1.10 bits per heavy atom. The summed E-state index contributed by atoms with van der Waals surface area (Å²) in [6.07, 6.45) is 2.26. The average Bonchev–Trinajstić information content (AvgIpc) is 2.52. The molecule has 0 fully saturated rings. The number of benzene rings is 2. The molecule has 0 saturated carbocycles. The van der Waals surface area contributed by atoms with Crippen molar-refractivity contribution in [2.45, 2.75) is 25.8 Å². The minimum absolute atomic E-state index is 0.229. The van der Waals surface area contributed by atoms with E-state index < -0.39 is 0 Å². The predicted octanol–water partition coefficient (Wildman–Crippen LogP) is 2.79. The zero-order valence-corrected chi connectivity index (χ0v) is 12.1. The summed E-state index contributed by atoms with van der Waals surface area (Å²) in [5.74, 6) is 0.229. The van der Waals surface area contributed by atoms with Crippen molar-refractivity contribution in [3.63, 3.8) is 0 Å². The summed E-state index contributed by atoms with van der Waals surface area (Å²) in [7, 11) is 0. The van der Waals surface area contributed by atoms with E-state index in [1.54, 1.807) is 0 Å². The van der Waals surface area contributed by atoms with E-state index in [4.69, 9.17) is 5.73 Å². The minimum atomic E-state index is 0.229. The number of nitrogen functional groups attached to an aromatic ring is 1. The maximum atomic E-state index is 12.4. The van der Waals surface area contributed by atoms with E-state index in [0.717, 1.165) is 37.2 Å². The molecule has 2 aromatic rings. The van der Waals surface area contributed by atoms with Crippen molar-refractivity contribution in [3.05, 3.63) is 65.2 Å². The third-order valence-corrected chi connectivity index (χ3v) is 4.06. The summed E-state index contributed by atoms with van der Waals surface area (Å²) < 4.78 is 0. The van der Waals surface area contributed by atoms with Gasteiger partial charge in [-0.1, -0.05) is 36.4 Å². The SMILES string of the molecule is Nc1cccc(CCC(=O)N2CCc3ccccc3C2)c1. The molecule has 1 aliphatic heterocycles. The van der Waals surface area contributed by atoms with E-state index in [9.17, 15) is 4.79 Å². The second kappa shape index (κ2) is 6.00. The number of aryl methyl sites for hydroxylation is 1. The summed E-state index contributed by atoms with van der Waals surface area (Å²) in [5.41, 5.74) is 10.3. The molecule has 21 heavy (non-hydrogen) atoms. The molecule has 108 valence electrons. The van der Waals surface area contributed by atoms with E-state index >= 15 is 0 Å². The Kier molecular flexibility index (Phi) is 3.91. The molecular formula is C18H20N2O. The maximum absolute atomic E-state index is 12.4. The Morgan fingerprint density at radius 2 is 1.90 bits per heavy atom. The van der Waals surface area contributed by atoms with Crippen molar-refractivity contribution in [3.8, 4) is 0 Å². The first-order valence-electron chi connectivity index (χ1n) is 7.41. The van der Waals surface area contributed by atoms with Crippen LogP contribution in [0.25, 0.3) is 0 Å². The van der Waals surface area contributed by atoms with E-state index in [0.29, 0.717) is 6.42 Å². The van der Waals surface area contributed by atoms with Crippen molar-refractivity contribution in [2.24, 2.45) is 0 Å². The Labute approximate surface area is 125 Å². The molecule has 0 aromatic heterocycles. The highest BCUT2D eigenvalue weighted by Gasteiger charge is 2.19. The summed E-state index contributed by atoms with van der Waals surface area (Å²) in [5, 5.41) is 0. The van der Waals surface area contributed by atoms with Crippen LogP contribution in [0, 0.1) is 0 Å². The van der Waals surface area contributed by atoms with Gasteiger partial charge in [0.05, 0.1) is 0 Å². The smallest absolute Gasteiger partial charge is 0.223 e. The number of amides is 1. The van der Waals surface area contributed by atoms with Crippen LogP contribution in [-0.2, 0) is 24.2 Å². The topological polar surface area (TPSA) is 46.3 Å². The molecule has 2 N–H and O–H groups in total. The van der Waals surface area contributed by atoms with Gasteiger partial charge in [-0.05, 0) is 41.7 Å². The van der Waals surface area contributed by atoms with Crippen LogP contribution < -0.4 is 5.73 Å². The fourth-order valence-electron chi connectivity index (χ4n) is 2.87. The van der Waals surface area contributed by atoms with Crippen molar-refractivity contribution >= 4 is 11.6 Å². The van der Waals surface area contributed by atoms with Crippen LogP contribution in [0.5, 0.6) is 0 Å². The Balaban J connectivity index is 1.59. The highest BCUT2D eigenvalue weighted by atomic mass is 16.2. The number of anilines is 1. The number of carbonyl (C=O) groups excluding carboxylic acids is 1. The lowest BCUT2D eigenvalue weighted by Gasteiger charge is -2.29. The first kappa shape index (κ1) is 13.7. The second-order valence-electron chi connectivity index (χ2n) is 5.58. The lowest BCUT2D eigenvalue weighted by molar-refractivity contribution is -0.132. The van der Waals surface area contributed by atoms with Gasteiger partial charge >= 0.3 is 0 Å². The Morgan fingerprint density at radius 3 is 2.71 bits per heavy atom. The minimum Gasteiger partial charge on any atom is -0.399 e. The summed E-state index contributed by atoms with van der Waals surface area (Å²) >= 11 is 0. The van der Waals surface area contributed by atoms with Gasteiger partial charge in [0.2, 0.25) is 5.91 Å². The van der Waals surface area contributed by atoms with Crippen LogP contribution in [-0.4, -0.2) is 17.4 Å². The quantitative estimate of drug-likeness (QED) is 0.879. The van der Waals surface area contributed by atoms with Crippen molar-refractivity contribution in [2.75, 3.05) is 12.3 Å². The zero-order chi connectivity index (χ0) is 14.7. The molecule has 1 heterocycles. The molecule has 0 atom stereocenters. The molecule has 1 amide bonds. The second-order valence-corrected chi connectivity index (χ2v) is 5.58. The summed E-state index contributed by atoms with van der Waals surface area (Å²) in [4.78, 5) is 14.3. The lowest BCUT2D eigenvalue weighted by Crippen LogP contribution is -2.36. The van der Waals surface area contributed by atoms with Gasteiger partial charge in [-0.2, -0.15) is 0 Å². The predicted molar refractivity (Wildman–Crippen MR) is 84.7 cm³/mol. The molecule has 0 radical (unpaired) electrons. The largest absolute Gasteiger partial charge is 0.399 e. The van der Waals surface area contributed by atoms with Gasteiger partial charge in [0, 0.05) is 25.2 Å². The van der Waals surface area contributed by atoms with Crippen molar-refractivity contribution in [1.29, 1.82) is 0 Å². The van der Waals surface area contributed by atoms with Gasteiger partial charge in [-0.25, -0.2) is 0 Å². The molecule has 0 bridgehead atoms. The Bertz CT molecular complexity index is 651. The molecule has 1 aliphatic rings. The van der Waals surface area contributed by atoms with Gasteiger partial charge in [0.25, 0.3) is 0 Å². The van der Waals surface area contributed by atoms with Gasteiger partial charge in [0.15, 0.2) is 0 Å².